The van der Waals surface area contributed by atoms with Crippen LogP contribution in [0.25, 0.3) is 0 Å². The molecule has 1 saturated heterocycles. The molecule has 1 rings (SSSR count). The molecule has 1 N–H and O–H groups in total. The van der Waals surface area contributed by atoms with E-state index in [2.05, 4.69) is 18.9 Å². The van der Waals surface area contributed by atoms with Gasteiger partial charge in [-0.05, 0) is 25.8 Å². The Bertz CT molecular complexity index is 116. The number of aliphatic hydroxyl groups excluding tert-OH is 1. The Morgan fingerprint density at radius 2 is 2.18 bits per heavy atom. The van der Waals surface area contributed by atoms with Crippen LogP contribution in [0.2, 0.25) is 0 Å². The molecule has 0 aromatic rings. The zero-order valence-corrected chi connectivity index (χ0v) is 7.58. The van der Waals surface area contributed by atoms with Gasteiger partial charge in [0.05, 0.1) is 6.61 Å². The summed E-state index contributed by atoms with van der Waals surface area (Å²) in [5.41, 5.74) is 0. The van der Waals surface area contributed by atoms with Crippen molar-refractivity contribution in [3.05, 3.63) is 0 Å². The first-order chi connectivity index (χ1) is 5.27. The van der Waals surface area contributed by atoms with E-state index in [1.165, 1.54) is 25.8 Å². The summed E-state index contributed by atoms with van der Waals surface area (Å²) >= 11 is 0. The van der Waals surface area contributed by atoms with Crippen LogP contribution in [0.15, 0.2) is 0 Å². The highest BCUT2D eigenvalue weighted by Crippen LogP contribution is 2.22. The zero-order valence-electron chi connectivity index (χ0n) is 7.58. The van der Waals surface area contributed by atoms with Crippen molar-refractivity contribution in [1.82, 2.24) is 4.90 Å². The van der Waals surface area contributed by atoms with Crippen LogP contribution in [0.3, 0.4) is 0 Å². The molecule has 2 unspecified atom stereocenters. The summed E-state index contributed by atoms with van der Waals surface area (Å²) in [5.74, 6) is 0.864. The smallest absolute Gasteiger partial charge is 0.0586 e. The number of nitrogens with zero attached hydrogens (tertiary/aromatic N) is 1. The molecule has 0 bridgehead atoms. The molecular formula is C9H19NO. The molecule has 0 spiro atoms. The predicted octanol–water partition coefficient (Wildman–Crippen LogP) is 1.10. The van der Waals surface area contributed by atoms with Crippen LogP contribution in [-0.2, 0) is 0 Å². The zero-order chi connectivity index (χ0) is 8.27. The van der Waals surface area contributed by atoms with Gasteiger partial charge in [-0.1, -0.05) is 13.3 Å². The van der Waals surface area contributed by atoms with Gasteiger partial charge in [-0.2, -0.15) is 0 Å². The third kappa shape index (κ3) is 2.17. The van der Waals surface area contributed by atoms with Gasteiger partial charge in [0.2, 0.25) is 0 Å². The van der Waals surface area contributed by atoms with Crippen LogP contribution in [0.5, 0.6) is 0 Å². The maximum Gasteiger partial charge on any atom is 0.0586 e. The van der Waals surface area contributed by atoms with Crippen molar-refractivity contribution in [3.8, 4) is 0 Å². The molecular weight excluding hydrogens is 138 g/mol. The minimum Gasteiger partial charge on any atom is -0.395 e. The Morgan fingerprint density at radius 3 is 2.64 bits per heavy atom. The maximum atomic E-state index is 8.98. The van der Waals surface area contributed by atoms with Gasteiger partial charge in [0.25, 0.3) is 0 Å². The fourth-order valence-electron chi connectivity index (χ4n) is 1.86. The van der Waals surface area contributed by atoms with E-state index in [9.17, 15) is 0 Å². The van der Waals surface area contributed by atoms with Crippen LogP contribution in [0.1, 0.15) is 26.2 Å². The van der Waals surface area contributed by atoms with E-state index in [0.29, 0.717) is 12.6 Å². The lowest BCUT2D eigenvalue weighted by Crippen LogP contribution is -2.42. The fourth-order valence-corrected chi connectivity index (χ4v) is 1.86. The molecule has 0 amide bonds. The molecule has 0 saturated carbocycles. The first-order valence-electron chi connectivity index (χ1n) is 4.59. The quantitative estimate of drug-likeness (QED) is 0.649. The number of hydrogen-bond donors (Lipinski definition) is 1. The van der Waals surface area contributed by atoms with Crippen molar-refractivity contribution >= 4 is 0 Å². The van der Waals surface area contributed by atoms with E-state index in [-0.39, 0.29) is 0 Å². The Kier molecular flexibility index (Phi) is 3.34. The molecule has 2 heteroatoms. The number of likely N-dealkylation sites (N-methyl/N-ethyl adjacent to an activating group) is 1. The second-order valence-electron chi connectivity index (χ2n) is 3.63. The highest BCUT2D eigenvalue weighted by atomic mass is 16.3. The highest BCUT2D eigenvalue weighted by Gasteiger charge is 2.23. The highest BCUT2D eigenvalue weighted by molar-refractivity contribution is 4.77. The fraction of sp³-hybridized carbons (Fsp3) is 1.00. The van der Waals surface area contributed by atoms with E-state index in [4.69, 9.17) is 5.11 Å². The van der Waals surface area contributed by atoms with E-state index in [1.54, 1.807) is 0 Å². The van der Waals surface area contributed by atoms with Gasteiger partial charge in [-0.3, -0.25) is 0 Å². The second-order valence-corrected chi connectivity index (χ2v) is 3.63. The molecule has 0 aliphatic carbocycles. The SMILES string of the molecule is CCC1CCC(CO)N(C)C1. The van der Waals surface area contributed by atoms with Gasteiger partial charge in [0.1, 0.15) is 0 Å². The summed E-state index contributed by atoms with van der Waals surface area (Å²) in [4.78, 5) is 2.29. The Hall–Kier alpha value is -0.0800. The largest absolute Gasteiger partial charge is 0.395 e. The van der Waals surface area contributed by atoms with Gasteiger partial charge >= 0.3 is 0 Å². The molecule has 0 radical (unpaired) electrons. The van der Waals surface area contributed by atoms with E-state index in [0.717, 1.165) is 5.92 Å². The average Bonchev–Trinajstić information content (AvgIpc) is 2.04. The van der Waals surface area contributed by atoms with Crippen molar-refractivity contribution in [1.29, 1.82) is 0 Å². The number of likely N-dealkylation sites (tertiary alicyclic amines) is 1. The van der Waals surface area contributed by atoms with E-state index >= 15 is 0 Å². The van der Waals surface area contributed by atoms with E-state index in [1.807, 2.05) is 0 Å². The van der Waals surface area contributed by atoms with Crippen molar-refractivity contribution < 1.29 is 5.11 Å². The molecule has 1 fully saturated rings. The van der Waals surface area contributed by atoms with Gasteiger partial charge in [-0.25, -0.2) is 0 Å². The number of rotatable bonds is 2. The molecule has 2 nitrogen and oxygen atoms in total. The molecule has 2 atom stereocenters. The minimum absolute atomic E-state index is 0.326. The minimum atomic E-state index is 0.326. The number of aliphatic hydroxyl groups is 1. The normalized spacial score (nSPS) is 34.1. The Balaban J connectivity index is 2.34. The van der Waals surface area contributed by atoms with Gasteiger partial charge < -0.3 is 10.0 Å². The van der Waals surface area contributed by atoms with Crippen molar-refractivity contribution in [2.45, 2.75) is 32.2 Å². The predicted molar refractivity (Wildman–Crippen MR) is 46.5 cm³/mol. The first kappa shape index (κ1) is 9.01. The summed E-state index contributed by atoms with van der Waals surface area (Å²) in [6, 6.07) is 0.429. The summed E-state index contributed by atoms with van der Waals surface area (Å²) in [7, 11) is 2.11. The van der Waals surface area contributed by atoms with Crippen molar-refractivity contribution in [2.24, 2.45) is 5.92 Å². The third-order valence-electron chi connectivity index (χ3n) is 2.87. The van der Waals surface area contributed by atoms with Gasteiger partial charge in [-0.15, -0.1) is 0 Å². The lowest BCUT2D eigenvalue weighted by molar-refractivity contribution is 0.0843. The lowest BCUT2D eigenvalue weighted by Gasteiger charge is -2.35. The lowest BCUT2D eigenvalue weighted by atomic mass is 9.92. The second kappa shape index (κ2) is 4.07. The summed E-state index contributed by atoms with van der Waals surface area (Å²) < 4.78 is 0. The average molecular weight is 157 g/mol. The molecule has 66 valence electrons. The van der Waals surface area contributed by atoms with Crippen LogP contribution < -0.4 is 0 Å². The monoisotopic (exact) mass is 157 g/mol. The summed E-state index contributed by atoms with van der Waals surface area (Å²) in [6.07, 6.45) is 3.75. The molecule has 11 heavy (non-hydrogen) atoms. The Morgan fingerprint density at radius 1 is 1.45 bits per heavy atom. The molecule has 0 aromatic heterocycles. The molecule has 0 aromatic carbocycles. The van der Waals surface area contributed by atoms with Crippen LogP contribution in [0.4, 0.5) is 0 Å². The third-order valence-corrected chi connectivity index (χ3v) is 2.87. The summed E-state index contributed by atoms with van der Waals surface area (Å²) in [5, 5.41) is 8.98. The molecule has 1 aliphatic heterocycles. The van der Waals surface area contributed by atoms with Crippen LogP contribution in [0, 0.1) is 5.92 Å². The maximum absolute atomic E-state index is 8.98. The topological polar surface area (TPSA) is 23.5 Å². The van der Waals surface area contributed by atoms with Crippen LogP contribution >= 0.6 is 0 Å². The summed E-state index contributed by atoms with van der Waals surface area (Å²) in [6.45, 7) is 3.74. The van der Waals surface area contributed by atoms with E-state index < -0.39 is 0 Å². The first-order valence-corrected chi connectivity index (χ1v) is 4.59. The van der Waals surface area contributed by atoms with Gasteiger partial charge in [0, 0.05) is 12.6 Å². The Labute approximate surface area is 69.2 Å². The van der Waals surface area contributed by atoms with Crippen molar-refractivity contribution in [3.63, 3.8) is 0 Å². The number of piperidine rings is 1. The van der Waals surface area contributed by atoms with Crippen LogP contribution in [-0.4, -0.2) is 36.2 Å². The van der Waals surface area contributed by atoms with Crippen molar-refractivity contribution in [2.75, 3.05) is 20.2 Å². The number of hydrogen-bond acceptors (Lipinski definition) is 2. The standard InChI is InChI=1S/C9H19NO/c1-3-8-4-5-9(7-11)10(2)6-8/h8-9,11H,3-7H2,1-2H3. The molecule has 1 heterocycles. The molecule has 1 aliphatic rings. The van der Waals surface area contributed by atoms with Gasteiger partial charge in [0.15, 0.2) is 0 Å².